The van der Waals surface area contributed by atoms with Crippen LogP contribution in [-0.4, -0.2) is 31.3 Å². The molecule has 0 fully saturated rings. The average molecular weight is 214 g/mol. The van der Waals surface area contributed by atoms with E-state index in [0.717, 1.165) is 26.1 Å². The van der Waals surface area contributed by atoms with Gasteiger partial charge in [0.2, 0.25) is 0 Å². The van der Waals surface area contributed by atoms with Gasteiger partial charge >= 0.3 is 0 Å². The summed E-state index contributed by atoms with van der Waals surface area (Å²) in [4.78, 5) is 4.26. The molecule has 1 N–H and O–H groups in total. The number of thiazole rings is 1. The molecule has 0 aliphatic carbocycles. The third-order valence-corrected chi connectivity index (χ3v) is 2.78. The molecule has 1 heterocycles. The zero-order valence-corrected chi connectivity index (χ0v) is 9.64. The number of hydrogen-bond donors (Lipinski definition) is 1. The summed E-state index contributed by atoms with van der Waals surface area (Å²) < 4.78 is 5.50. The van der Waals surface area contributed by atoms with Crippen LogP contribution < -0.4 is 5.32 Å². The number of likely N-dealkylation sites (N-methyl/N-ethyl adjacent to an activating group) is 1. The Morgan fingerprint density at radius 1 is 1.64 bits per heavy atom. The normalized spacial score (nSPS) is 13.0. The van der Waals surface area contributed by atoms with E-state index in [9.17, 15) is 0 Å². The molecule has 1 unspecified atom stereocenters. The lowest BCUT2D eigenvalue weighted by Gasteiger charge is -2.14. The minimum Gasteiger partial charge on any atom is -0.380 e. The smallest absolute Gasteiger partial charge is 0.0941 e. The summed E-state index contributed by atoms with van der Waals surface area (Å²) in [6.07, 6.45) is 3.88. The Kier molecular flexibility index (Phi) is 5.75. The highest BCUT2D eigenvalue weighted by molar-refractivity contribution is 7.09. The number of hydrogen-bond acceptors (Lipinski definition) is 4. The first-order valence-electron chi connectivity index (χ1n) is 5.00. The van der Waals surface area contributed by atoms with Crippen molar-refractivity contribution in [3.63, 3.8) is 0 Å². The van der Waals surface area contributed by atoms with Crippen molar-refractivity contribution in [3.05, 3.63) is 16.6 Å². The first-order valence-corrected chi connectivity index (χ1v) is 5.88. The molecule has 80 valence electrons. The highest BCUT2D eigenvalue weighted by Crippen LogP contribution is 2.07. The molecular formula is C10H18N2OS. The van der Waals surface area contributed by atoms with Crippen LogP contribution in [0.5, 0.6) is 0 Å². The molecule has 0 aliphatic heterocycles. The fraction of sp³-hybridized carbons (Fsp3) is 0.700. The van der Waals surface area contributed by atoms with Crippen LogP contribution in [0.15, 0.2) is 11.6 Å². The summed E-state index contributed by atoms with van der Waals surface area (Å²) in [5.74, 6) is 0. The Hall–Kier alpha value is -0.450. The maximum absolute atomic E-state index is 5.50. The lowest BCUT2D eigenvalue weighted by Crippen LogP contribution is -2.32. The van der Waals surface area contributed by atoms with Gasteiger partial charge < -0.3 is 10.1 Å². The lowest BCUT2D eigenvalue weighted by atomic mass is 10.2. The van der Waals surface area contributed by atoms with Gasteiger partial charge in [-0.3, -0.25) is 0 Å². The van der Waals surface area contributed by atoms with E-state index >= 15 is 0 Å². The van der Waals surface area contributed by atoms with Gasteiger partial charge in [0.1, 0.15) is 0 Å². The van der Waals surface area contributed by atoms with E-state index in [2.05, 4.69) is 17.2 Å². The summed E-state index contributed by atoms with van der Waals surface area (Å²) in [7, 11) is 1.97. The zero-order chi connectivity index (χ0) is 10.2. The molecule has 0 radical (unpaired) electrons. The average Bonchev–Trinajstić information content (AvgIpc) is 2.69. The van der Waals surface area contributed by atoms with Gasteiger partial charge in [0.25, 0.3) is 0 Å². The minimum absolute atomic E-state index is 0.382. The van der Waals surface area contributed by atoms with Gasteiger partial charge in [-0.2, -0.15) is 0 Å². The Morgan fingerprint density at radius 2 is 2.50 bits per heavy atom. The Bertz CT molecular complexity index is 226. The molecule has 3 nitrogen and oxygen atoms in total. The second kappa shape index (κ2) is 6.92. The predicted molar refractivity (Wildman–Crippen MR) is 59.8 cm³/mol. The molecule has 1 atom stereocenters. The summed E-state index contributed by atoms with van der Waals surface area (Å²) in [5, 5.41) is 6.42. The largest absolute Gasteiger partial charge is 0.380 e. The first kappa shape index (κ1) is 11.6. The molecule has 0 saturated carbocycles. The Morgan fingerprint density at radius 3 is 3.07 bits per heavy atom. The zero-order valence-electron chi connectivity index (χ0n) is 8.82. The van der Waals surface area contributed by atoms with E-state index in [4.69, 9.17) is 4.74 Å². The van der Waals surface area contributed by atoms with E-state index in [-0.39, 0.29) is 0 Å². The predicted octanol–water partition coefficient (Wildman–Crippen LogP) is 1.70. The van der Waals surface area contributed by atoms with Gasteiger partial charge in [-0.15, -0.1) is 11.3 Å². The molecule has 1 aromatic heterocycles. The van der Waals surface area contributed by atoms with E-state index in [1.807, 2.05) is 18.6 Å². The molecule has 1 aromatic rings. The van der Waals surface area contributed by atoms with Crippen LogP contribution in [0.3, 0.4) is 0 Å². The molecule has 1 rings (SSSR count). The van der Waals surface area contributed by atoms with Gasteiger partial charge in [-0.1, -0.05) is 6.92 Å². The van der Waals surface area contributed by atoms with Gasteiger partial charge in [-0.25, -0.2) is 4.98 Å². The second-order valence-corrected chi connectivity index (χ2v) is 4.17. The minimum atomic E-state index is 0.382. The van der Waals surface area contributed by atoms with E-state index in [1.165, 1.54) is 5.01 Å². The van der Waals surface area contributed by atoms with Gasteiger partial charge in [0, 0.05) is 30.6 Å². The molecule has 0 amide bonds. The van der Waals surface area contributed by atoms with Crippen LogP contribution in [0, 0.1) is 0 Å². The van der Waals surface area contributed by atoms with Crippen molar-refractivity contribution in [2.24, 2.45) is 0 Å². The topological polar surface area (TPSA) is 34.1 Å². The highest BCUT2D eigenvalue weighted by Gasteiger charge is 2.08. The van der Waals surface area contributed by atoms with Crippen LogP contribution in [0.1, 0.15) is 18.4 Å². The molecule has 4 heteroatoms. The number of nitrogens with one attached hydrogen (secondary N) is 1. The first-order chi connectivity index (χ1) is 6.86. The molecule has 0 bridgehead atoms. The van der Waals surface area contributed by atoms with Crippen LogP contribution >= 0.6 is 11.3 Å². The van der Waals surface area contributed by atoms with Gasteiger partial charge in [0.05, 0.1) is 11.6 Å². The van der Waals surface area contributed by atoms with Gasteiger partial charge in [-0.05, 0) is 13.5 Å². The maximum Gasteiger partial charge on any atom is 0.0941 e. The third kappa shape index (κ3) is 4.17. The quantitative estimate of drug-likeness (QED) is 0.702. The molecule has 14 heavy (non-hydrogen) atoms. The monoisotopic (exact) mass is 214 g/mol. The molecule has 0 aliphatic rings. The van der Waals surface area contributed by atoms with Crippen molar-refractivity contribution in [3.8, 4) is 0 Å². The molecular weight excluding hydrogens is 196 g/mol. The standard InChI is InChI=1S/C10H18N2OS/c1-3-5-13-8-9(11-2)7-10-12-4-6-14-10/h4,6,9,11H,3,5,7-8H2,1-2H3. The summed E-state index contributed by atoms with van der Waals surface area (Å²) in [6, 6.07) is 0.382. The second-order valence-electron chi connectivity index (χ2n) is 3.19. The van der Waals surface area contributed by atoms with Crippen molar-refractivity contribution in [1.82, 2.24) is 10.3 Å². The third-order valence-electron chi connectivity index (χ3n) is 1.98. The van der Waals surface area contributed by atoms with Crippen molar-refractivity contribution >= 4 is 11.3 Å². The van der Waals surface area contributed by atoms with Crippen molar-refractivity contribution in [2.75, 3.05) is 20.3 Å². The maximum atomic E-state index is 5.50. The summed E-state index contributed by atoms with van der Waals surface area (Å²) >= 11 is 1.70. The van der Waals surface area contributed by atoms with E-state index < -0.39 is 0 Å². The fourth-order valence-corrected chi connectivity index (χ4v) is 1.88. The number of nitrogens with zero attached hydrogens (tertiary/aromatic N) is 1. The van der Waals surface area contributed by atoms with Crippen LogP contribution in [-0.2, 0) is 11.2 Å². The highest BCUT2D eigenvalue weighted by atomic mass is 32.1. The summed E-state index contributed by atoms with van der Waals surface area (Å²) in [5.41, 5.74) is 0. The molecule has 0 aromatic carbocycles. The fourth-order valence-electron chi connectivity index (χ4n) is 1.18. The van der Waals surface area contributed by atoms with Crippen LogP contribution in [0.2, 0.25) is 0 Å². The number of rotatable bonds is 7. The lowest BCUT2D eigenvalue weighted by molar-refractivity contribution is 0.114. The van der Waals surface area contributed by atoms with E-state index in [0.29, 0.717) is 6.04 Å². The number of ether oxygens (including phenoxy) is 1. The Balaban J connectivity index is 2.24. The van der Waals surface area contributed by atoms with Crippen molar-refractivity contribution in [1.29, 1.82) is 0 Å². The molecule has 0 spiro atoms. The van der Waals surface area contributed by atoms with E-state index in [1.54, 1.807) is 11.3 Å². The molecule has 0 saturated heterocycles. The van der Waals surface area contributed by atoms with Crippen molar-refractivity contribution < 1.29 is 4.74 Å². The number of aromatic nitrogens is 1. The SMILES string of the molecule is CCCOCC(Cc1nccs1)NC. The van der Waals surface area contributed by atoms with Crippen molar-refractivity contribution in [2.45, 2.75) is 25.8 Å². The van der Waals surface area contributed by atoms with Crippen LogP contribution in [0.25, 0.3) is 0 Å². The Labute approximate surface area is 89.5 Å². The van der Waals surface area contributed by atoms with Crippen LogP contribution in [0.4, 0.5) is 0 Å². The summed E-state index contributed by atoms with van der Waals surface area (Å²) in [6.45, 7) is 3.73. The van der Waals surface area contributed by atoms with Gasteiger partial charge in [0.15, 0.2) is 0 Å².